The Morgan fingerprint density at radius 1 is 0.889 bits per heavy atom. The van der Waals surface area contributed by atoms with Gasteiger partial charge >= 0.3 is 12.0 Å². The van der Waals surface area contributed by atoms with E-state index in [1.807, 2.05) is 72.8 Å². The molecule has 2 amide bonds. The molecule has 2 fully saturated rings. The Morgan fingerprint density at radius 2 is 1.59 bits per heavy atom. The third kappa shape index (κ3) is 10.0. The van der Waals surface area contributed by atoms with Crippen LogP contribution in [0.2, 0.25) is 0 Å². The lowest BCUT2D eigenvalue weighted by molar-refractivity contribution is -0.276. The zero-order valence-corrected chi connectivity index (χ0v) is 31.4. The van der Waals surface area contributed by atoms with Crippen molar-refractivity contribution in [2.75, 3.05) is 20.2 Å². The molecule has 9 heteroatoms. The normalized spacial score (nSPS) is 20.7. The molecule has 1 saturated heterocycles. The van der Waals surface area contributed by atoms with E-state index >= 15 is 0 Å². The Bertz CT molecular complexity index is 1810. The number of urea groups is 1. The van der Waals surface area contributed by atoms with Crippen LogP contribution in [0.4, 0.5) is 4.79 Å². The maximum atomic E-state index is 12.9. The van der Waals surface area contributed by atoms with Gasteiger partial charge in [-0.15, -0.1) is 6.58 Å². The summed E-state index contributed by atoms with van der Waals surface area (Å²) in [5.74, 6) is -0.401. The zero-order chi connectivity index (χ0) is 37.9. The number of carbonyl (C=O) groups excluding carboxylic acids is 2. The molecule has 54 heavy (non-hydrogen) atoms. The predicted octanol–water partition coefficient (Wildman–Crippen LogP) is 7.65. The van der Waals surface area contributed by atoms with Crippen molar-refractivity contribution in [3.05, 3.63) is 144 Å². The van der Waals surface area contributed by atoms with Crippen molar-refractivity contribution >= 4 is 12.0 Å². The minimum atomic E-state index is -0.807. The number of nitrogens with one attached hydrogen (secondary N) is 2. The predicted molar refractivity (Wildman–Crippen MR) is 210 cm³/mol. The number of amides is 2. The molecule has 4 aromatic rings. The van der Waals surface area contributed by atoms with Crippen LogP contribution in [0.25, 0.3) is 11.1 Å². The Morgan fingerprint density at radius 3 is 2.28 bits per heavy atom. The number of benzene rings is 4. The molecular formula is C45H53N3O6. The minimum Gasteiger partial charge on any atom is -0.467 e. The molecule has 6 rings (SSSR count). The van der Waals surface area contributed by atoms with Crippen molar-refractivity contribution in [1.82, 2.24) is 15.5 Å². The Balaban J connectivity index is 1.14. The first-order valence-electron chi connectivity index (χ1n) is 19.1. The largest absolute Gasteiger partial charge is 0.467 e. The number of carbonyl (C=O) groups is 2. The van der Waals surface area contributed by atoms with Crippen molar-refractivity contribution in [2.24, 2.45) is 5.92 Å². The third-order valence-electron chi connectivity index (χ3n) is 10.7. The first kappa shape index (κ1) is 38.9. The molecule has 1 saturated carbocycles. The van der Waals surface area contributed by atoms with Gasteiger partial charge in [0.1, 0.15) is 6.04 Å². The molecule has 0 radical (unpaired) electrons. The van der Waals surface area contributed by atoms with Crippen molar-refractivity contribution in [3.8, 4) is 11.1 Å². The number of hydrogen-bond donors (Lipinski definition) is 3. The van der Waals surface area contributed by atoms with E-state index in [-0.39, 0.29) is 31.3 Å². The highest BCUT2D eigenvalue weighted by Crippen LogP contribution is 2.42. The van der Waals surface area contributed by atoms with Gasteiger partial charge in [0, 0.05) is 43.6 Å². The molecule has 1 aliphatic carbocycles. The average Bonchev–Trinajstić information content (AvgIpc) is 3.76. The van der Waals surface area contributed by atoms with Crippen LogP contribution < -0.4 is 10.6 Å². The van der Waals surface area contributed by atoms with Gasteiger partial charge in [0.05, 0.1) is 25.9 Å². The van der Waals surface area contributed by atoms with Crippen LogP contribution in [0.15, 0.2) is 116 Å². The molecule has 4 aromatic carbocycles. The van der Waals surface area contributed by atoms with Crippen LogP contribution in [-0.2, 0) is 38.6 Å². The van der Waals surface area contributed by atoms with Gasteiger partial charge in [-0.05, 0) is 52.3 Å². The number of rotatable bonds is 15. The average molecular weight is 732 g/mol. The van der Waals surface area contributed by atoms with E-state index in [9.17, 15) is 14.7 Å². The Kier molecular flexibility index (Phi) is 13.7. The van der Waals surface area contributed by atoms with Gasteiger partial charge < -0.3 is 30.0 Å². The van der Waals surface area contributed by atoms with E-state index < -0.39 is 24.3 Å². The van der Waals surface area contributed by atoms with E-state index in [2.05, 4.69) is 65.4 Å². The molecule has 9 nitrogen and oxygen atoms in total. The SMILES string of the molecule is C=CCN(C[C@@H]1O[C@H](c2ccc(-c3cccc(CNC(=O)N[C@@H](Cc4ccccc4)C(=O)OC)c3)cc2)O[C@H](c2ccc(CO)cc2)[C@@H]1C)C1CCCC1. The summed E-state index contributed by atoms with van der Waals surface area (Å²) in [6, 6.07) is 33.1. The molecular weight excluding hydrogens is 679 g/mol. The van der Waals surface area contributed by atoms with Gasteiger partial charge in [-0.3, -0.25) is 4.90 Å². The summed E-state index contributed by atoms with van der Waals surface area (Å²) in [6.45, 7) is 8.17. The zero-order valence-electron chi connectivity index (χ0n) is 31.4. The maximum Gasteiger partial charge on any atom is 0.328 e. The summed E-state index contributed by atoms with van der Waals surface area (Å²) < 4.78 is 18.5. The molecule has 5 atom stereocenters. The van der Waals surface area contributed by atoms with Gasteiger partial charge in [-0.1, -0.05) is 123 Å². The van der Waals surface area contributed by atoms with Crippen LogP contribution in [-0.4, -0.2) is 60.4 Å². The van der Waals surface area contributed by atoms with Crippen molar-refractivity contribution in [1.29, 1.82) is 0 Å². The van der Waals surface area contributed by atoms with Crippen LogP contribution in [0.1, 0.15) is 72.8 Å². The molecule has 1 aliphatic heterocycles. The smallest absolute Gasteiger partial charge is 0.328 e. The number of hydrogen-bond acceptors (Lipinski definition) is 7. The molecule has 0 aromatic heterocycles. The molecule has 0 unspecified atom stereocenters. The quantitative estimate of drug-likeness (QED) is 0.0852. The highest BCUT2D eigenvalue weighted by Gasteiger charge is 2.40. The van der Waals surface area contributed by atoms with E-state index in [1.54, 1.807) is 0 Å². The van der Waals surface area contributed by atoms with Crippen LogP contribution in [0, 0.1) is 5.92 Å². The lowest BCUT2D eigenvalue weighted by Crippen LogP contribution is -2.47. The highest BCUT2D eigenvalue weighted by molar-refractivity contribution is 5.83. The first-order valence-corrected chi connectivity index (χ1v) is 19.1. The number of methoxy groups -OCH3 is 1. The molecule has 1 heterocycles. The number of aliphatic hydroxyl groups is 1. The van der Waals surface area contributed by atoms with Crippen molar-refractivity contribution in [3.63, 3.8) is 0 Å². The standard InChI is InChI=1S/C45H53N3O6/c1-4-25-48(39-15-8-9-16-39)29-41-31(2)42(36-19-17-33(30-49)18-20-36)54-44(53-41)37-23-21-35(22-24-37)38-14-10-13-34(26-38)28-46-45(51)47-40(43(50)52-3)27-32-11-6-5-7-12-32/h4-7,10-14,17-24,26,31,39-42,44,49H,1,8-9,15-16,25,27-30H2,2-3H3,(H2,46,47,51)/t31-,40+,41+,42+,44+/m1/s1. The van der Waals surface area contributed by atoms with E-state index in [1.165, 1.54) is 32.8 Å². The van der Waals surface area contributed by atoms with E-state index in [4.69, 9.17) is 14.2 Å². The summed E-state index contributed by atoms with van der Waals surface area (Å²) in [7, 11) is 1.32. The summed E-state index contributed by atoms with van der Waals surface area (Å²) in [5.41, 5.74) is 6.75. The van der Waals surface area contributed by atoms with Gasteiger partial charge in [0.15, 0.2) is 6.29 Å². The van der Waals surface area contributed by atoms with Gasteiger partial charge in [-0.25, -0.2) is 9.59 Å². The Labute approximate surface area is 319 Å². The number of esters is 1. The fourth-order valence-electron chi connectivity index (χ4n) is 7.64. The van der Waals surface area contributed by atoms with Gasteiger partial charge in [0.2, 0.25) is 0 Å². The van der Waals surface area contributed by atoms with Crippen LogP contribution >= 0.6 is 0 Å². The second kappa shape index (κ2) is 19.0. The van der Waals surface area contributed by atoms with Crippen LogP contribution in [0.3, 0.4) is 0 Å². The topological polar surface area (TPSA) is 109 Å². The second-order valence-electron chi connectivity index (χ2n) is 14.4. The fourth-order valence-corrected chi connectivity index (χ4v) is 7.64. The van der Waals surface area contributed by atoms with E-state index in [0.29, 0.717) is 12.5 Å². The van der Waals surface area contributed by atoms with Crippen LogP contribution in [0.5, 0.6) is 0 Å². The van der Waals surface area contributed by atoms with Crippen molar-refractivity contribution < 1.29 is 28.9 Å². The Hall–Kier alpha value is -4.80. The number of aliphatic hydroxyl groups excluding tert-OH is 1. The first-order chi connectivity index (χ1) is 26.3. The highest BCUT2D eigenvalue weighted by atomic mass is 16.7. The fraction of sp³-hybridized carbons (Fsp3) is 0.378. The number of nitrogens with zero attached hydrogens (tertiary/aromatic N) is 1. The summed E-state index contributed by atoms with van der Waals surface area (Å²) in [5, 5.41) is 15.3. The molecule has 0 bridgehead atoms. The molecule has 2 aliphatic rings. The maximum absolute atomic E-state index is 12.9. The third-order valence-corrected chi connectivity index (χ3v) is 10.7. The summed E-state index contributed by atoms with van der Waals surface area (Å²) in [6.07, 6.45) is 6.47. The lowest BCUT2D eigenvalue weighted by Gasteiger charge is -2.43. The molecule has 0 spiro atoms. The number of ether oxygens (including phenoxy) is 3. The molecule has 3 N–H and O–H groups in total. The molecule has 284 valence electrons. The summed E-state index contributed by atoms with van der Waals surface area (Å²) in [4.78, 5) is 27.8. The van der Waals surface area contributed by atoms with Gasteiger partial charge in [0.25, 0.3) is 0 Å². The monoisotopic (exact) mass is 731 g/mol. The van der Waals surface area contributed by atoms with Gasteiger partial charge in [-0.2, -0.15) is 0 Å². The van der Waals surface area contributed by atoms with Crippen molar-refractivity contribution in [2.45, 2.75) is 82.8 Å². The lowest BCUT2D eigenvalue weighted by atomic mass is 9.89. The summed E-state index contributed by atoms with van der Waals surface area (Å²) >= 11 is 0. The minimum absolute atomic E-state index is 0.00137. The van der Waals surface area contributed by atoms with E-state index in [0.717, 1.165) is 52.0 Å². The second-order valence-corrected chi connectivity index (χ2v) is 14.4.